The smallest absolute Gasteiger partial charge is 0.243 e. The molecule has 2 rings (SSSR count). The second-order valence-electron chi connectivity index (χ2n) is 3.99. The first kappa shape index (κ1) is 11.7. The molecule has 4 nitrogen and oxygen atoms in total. The second kappa shape index (κ2) is 5.50. The molecule has 0 atom stereocenters. The van der Waals surface area contributed by atoms with Crippen molar-refractivity contribution in [3.8, 4) is 0 Å². The van der Waals surface area contributed by atoms with E-state index in [0.29, 0.717) is 6.42 Å². The first-order chi connectivity index (χ1) is 8.29. The summed E-state index contributed by atoms with van der Waals surface area (Å²) >= 11 is 0. The molecule has 1 aromatic heterocycles. The molecular formula is C13H15NO3. The number of rotatable bonds is 5. The maximum atomic E-state index is 10.8. The molecule has 1 amide bonds. The van der Waals surface area contributed by atoms with Crippen molar-refractivity contribution in [2.24, 2.45) is 0 Å². The van der Waals surface area contributed by atoms with E-state index in [1.165, 1.54) is 0 Å². The Hall–Kier alpha value is -1.81. The maximum Gasteiger partial charge on any atom is 0.243 e. The fourth-order valence-electron chi connectivity index (χ4n) is 1.80. The van der Waals surface area contributed by atoms with Crippen LogP contribution in [0.25, 0.3) is 11.0 Å². The molecule has 4 heteroatoms. The van der Waals surface area contributed by atoms with E-state index >= 15 is 0 Å². The van der Waals surface area contributed by atoms with Gasteiger partial charge in [0, 0.05) is 18.2 Å². The zero-order valence-electron chi connectivity index (χ0n) is 9.48. The van der Waals surface area contributed by atoms with Gasteiger partial charge in [-0.1, -0.05) is 18.2 Å². The number of unbranched alkanes of at least 4 members (excludes halogenated alkanes) is 1. The Morgan fingerprint density at radius 1 is 1.29 bits per heavy atom. The van der Waals surface area contributed by atoms with Crippen molar-refractivity contribution in [2.45, 2.75) is 25.7 Å². The fraction of sp³-hybridized carbons (Fsp3) is 0.308. The van der Waals surface area contributed by atoms with E-state index < -0.39 is 0 Å². The van der Waals surface area contributed by atoms with Crippen LogP contribution >= 0.6 is 0 Å². The largest absolute Gasteiger partial charge is 0.461 e. The topological polar surface area (TPSA) is 62.5 Å². The highest BCUT2D eigenvalue weighted by molar-refractivity contribution is 5.77. The van der Waals surface area contributed by atoms with Crippen LogP contribution in [0.2, 0.25) is 0 Å². The number of hydrogen-bond donors (Lipinski definition) is 2. The summed E-state index contributed by atoms with van der Waals surface area (Å²) in [6, 6.07) is 9.91. The number of hydrogen-bond acceptors (Lipinski definition) is 3. The summed E-state index contributed by atoms with van der Waals surface area (Å²) in [5, 5.41) is 9.44. The summed E-state index contributed by atoms with van der Waals surface area (Å²) in [4.78, 5) is 10.8. The van der Waals surface area contributed by atoms with Crippen LogP contribution in [0.3, 0.4) is 0 Å². The van der Waals surface area contributed by atoms with Gasteiger partial charge in [-0.2, -0.15) is 0 Å². The third kappa shape index (κ3) is 3.07. The van der Waals surface area contributed by atoms with Crippen LogP contribution in [0.1, 0.15) is 25.0 Å². The normalized spacial score (nSPS) is 10.6. The van der Waals surface area contributed by atoms with Gasteiger partial charge in [-0.15, -0.1) is 0 Å². The Kier molecular flexibility index (Phi) is 3.77. The van der Waals surface area contributed by atoms with E-state index in [1.54, 1.807) is 5.48 Å². The molecule has 0 radical (unpaired) electrons. The van der Waals surface area contributed by atoms with Crippen LogP contribution in [-0.2, 0) is 11.2 Å². The summed E-state index contributed by atoms with van der Waals surface area (Å²) in [7, 11) is 0. The highest BCUT2D eigenvalue weighted by Crippen LogP contribution is 2.20. The molecule has 2 N–H and O–H groups in total. The van der Waals surface area contributed by atoms with Crippen LogP contribution in [0, 0.1) is 0 Å². The van der Waals surface area contributed by atoms with E-state index in [0.717, 1.165) is 36.0 Å². The first-order valence-electron chi connectivity index (χ1n) is 5.70. The van der Waals surface area contributed by atoms with Gasteiger partial charge in [0.2, 0.25) is 5.91 Å². The lowest BCUT2D eigenvalue weighted by molar-refractivity contribution is -0.129. The first-order valence-corrected chi connectivity index (χ1v) is 5.70. The third-order valence-electron chi connectivity index (χ3n) is 2.68. The lowest BCUT2D eigenvalue weighted by Gasteiger charge is -1.97. The molecule has 17 heavy (non-hydrogen) atoms. The van der Waals surface area contributed by atoms with Gasteiger partial charge in [-0.05, 0) is 25.0 Å². The van der Waals surface area contributed by atoms with E-state index in [4.69, 9.17) is 9.62 Å². The van der Waals surface area contributed by atoms with Crippen molar-refractivity contribution in [3.63, 3.8) is 0 Å². The number of benzene rings is 1. The van der Waals surface area contributed by atoms with Gasteiger partial charge in [0.25, 0.3) is 0 Å². The SMILES string of the molecule is O=C(CCCCc1cc2ccccc2o1)NO. The standard InChI is InChI=1S/C13H15NO3/c15-13(14-16)8-4-2-6-11-9-10-5-1-3-7-12(10)17-11/h1,3,5,7,9,16H,2,4,6,8H2,(H,14,15). The monoisotopic (exact) mass is 233 g/mol. The molecule has 0 saturated heterocycles. The number of nitrogens with one attached hydrogen (secondary N) is 1. The average Bonchev–Trinajstić information content (AvgIpc) is 2.76. The number of aryl methyl sites for hydroxylation is 1. The van der Waals surface area contributed by atoms with Gasteiger partial charge < -0.3 is 4.42 Å². The second-order valence-corrected chi connectivity index (χ2v) is 3.99. The third-order valence-corrected chi connectivity index (χ3v) is 2.68. The number of amides is 1. The van der Waals surface area contributed by atoms with E-state index in [9.17, 15) is 4.79 Å². The van der Waals surface area contributed by atoms with Crippen LogP contribution < -0.4 is 5.48 Å². The molecular weight excluding hydrogens is 218 g/mol. The number of fused-ring (bicyclic) bond motifs is 1. The van der Waals surface area contributed by atoms with Crippen molar-refractivity contribution in [2.75, 3.05) is 0 Å². The zero-order valence-corrected chi connectivity index (χ0v) is 9.48. The molecule has 0 bridgehead atoms. The minimum absolute atomic E-state index is 0.338. The summed E-state index contributed by atoms with van der Waals surface area (Å²) in [5.41, 5.74) is 2.52. The molecule has 2 aromatic rings. The summed E-state index contributed by atoms with van der Waals surface area (Å²) < 4.78 is 5.65. The van der Waals surface area contributed by atoms with E-state index in [2.05, 4.69) is 0 Å². The van der Waals surface area contributed by atoms with Crippen molar-refractivity contribution >= 4 is 16.9 Å². The van der Waals surface area contributed by atoms with Gasteiger partial charge in [0.05, 0.1) is 0 Å². The Labute approximate surface area is 99.2 Å². The predicted octanol–water partition coefficient (Wildman–Crippen LogP) is 2.65. The summed E-state index contributed by atoms with van der Waals surface area (Å²) in [5.74, 6) is 0.602. The van der Waals surface area contributed by atoms with E-state index in [1.807, 2.05) is 30.3 Å². The molecule has 0 spiro atoms. The Balaban J connectivity index is 1.85. The lowest BCUT2D eigenvalue weighted by Crippen LogP contribution is -2.17. The van der Waals surface area contributed by atoms with Gasteiger partial charge in [0.1, 0.15) is 11.3 Å². The number of carbonyl (C=O) groups excluding carboxylic acids is 1. The number of para-hydroxylation sites is 1. The zero-order chi connectivity index (χ0) is 12.1. The van der Waals surface area contributed by atoms with Crippen LogP contribution in [0.4, 0.5) is 0 Å². The van der Waals surface area contributed by atoms with Gasteiger partial charge in [-0.25, -0.2) is 5.48 Å². The fourth-order valence-corrected chi connectivity index (χ4v) is 1.80. The summed E-state index contributed by atoms with van der Waals surface area (Å²) in [6.07, 6.45) is 2.76. The van der Waals surface area contributed by atoms with Crippen LogP contribution in [0.5, 0.6) is 0 Å². The average molecular weight is 233 g/mol. The van der Waals surface area contributed by atoms with E-state index in [-0.39, 0.29) is 5.91 Å². The summed E-state index contributed by atoms with van der Waals surface area (Å²) in [6.45, 7) is 0. The van der Waals surface area contributed by atoms with Crippen molar-refractivity contribution < 1.29 is 14.4 Å². The molecule has 0 saturated carbocycles. The Morgan fingerprint density at radius 2 is 2.12 bits per heavy atom. The van der Waals surface area contributed by atoms with Gasteiger partial charge in [-0.3, -0.25) is 10.0 Å². The Morgan fingerprint density at radius 3 is 2.88 bits per heavy atom. The molecule has 0 fully saturated rings. The number of carbonyl (C=O) groups is 1. The molecule has 1 aromatic carbocycles. The number of hydroxylamine groups is 1. The molecule has 0 unspecified atom stereocenters. The molecule has 0 aliphatic carbocycles. The van der Waals surface area contributed by atoms with Crippen molar-refractivity contribution in [3.05, 3.63) is 36.1 Å². The van der Waals surface area contributed by atoms with Crippen molar-refractivity contribution in [1.82, 2.24) is 5.48 Å². The van der Waals surface area contributed by atoms with Gasteiger partial charge in [0.15, 0.2) is 0 Å². The predicted molar refractivity (Wildman–Crippen MR) is 63.7 cm³/mol. The molecule has 0 aliphatic rings. The Bertz CT molecular complexity index is 471. The minimum Gasteiger partial charge on any atom is -0.461 e. The lowest BCUT2D eigenvalue weighted by atomic mass is 10.1. The van der Waals surface area contributed by atoms with Crippen molar-refractivity contribution in [1.29, 1.82) is 0 Å². The molecule has 0 aliphatic heterocycles. The maximum absolute atomic E-state index is 10.8. The quantitative estimate of drug-likeness (QED) is 0.474. The van der Waals surface area contributed by atoms with Crippen LogP contribution in [-0.4, -0.2) is 11.1 Å². The molecule has 90 valence electrons. The van der Waals surface area contributed by atoms with Gasteiger partial charge >= 0.3 is 0 Å². The highest BCUT2D eigenvalue weighted by Gasteiger charge is 2.03. The molecule has 1 heterocycles. The highest BCUT2D eigenvalue weighted by atomic mass is 16.5. The number of furan rings is 1. The van der Waals surface area contributed by atoms with Crippen LogP contribution in [0.15, 0.2) is 34.7 Å². The minimum atomic E-state index is -0.338.